The molecule has 9 heteroatoms. The maximum Gasteiger partial charge on any atom is 0.339 e. The second-order valence-electron chi connectivity index (χ2n) is 5.90. The fraction of sp³-hybridized carbons (Fsp3) is 0.100. The number of ether oxygens (including phenoxy) is 2. The minimum atomic E-state index is -0.735. The molecule has 1 amide bonds. The predicted molar refractivity (Wildman–Crippen MR) is 108 cm³/mol. The number of halogens is 1. The molecule has 1 N–H and O–H groups in total. The first-order valence-corrected chi connectivity index (χ1v) is 8.75. The van der Waals surface area contributed by atoms with E-state index in [0.717, 1.165) is 5.39 Å². The van der Waals surface area contributed by atoms with E-state index in [1.807, 2.05) is 6.07 Å². The number of anilines is 1. The number of rotatable bonds is 6. The van der Waals surface area contributed by atoms with E-state index in [2.05, 4.69) is 5.32 Å². The van der Waals surface area contributed by atoms with Crippen molar-refractivity contribution in [2.45, 2.75) is 0 Å². The van der Waals surface area contributed by atoms with Gasteiger partial charge in [-0.25, -0.2) is 4.79 Å². The van der Waals surface area contributed by atoms with Crippen LogP contribution in [0.4, 0.5) is 11.4 Å². The molecule has 3 aromatic rings. The van der Waals surface area contributed by atoms with Crippen molar-refractivity contribution < 1.29 is 24.0 Å². The molecule has 0 spiro atoms. The van der Waals surface area contributed by atoms with Crippen LogP contribution in [0, 0.1) is 10.1 Å². The molecule has 8 nitrogen and oxygen atoms in total. The summed E-state index contributed by atoms with van der Waals surface area (Å²) < 4.78 is 10.4. The highest BCUT2D eigenvalue weighted by Crippen LogP contribution is 2.29. The average molecular weight is 415 g/mol. The molecule has 0 aliphatic carbocycles. The van der Waals surface area contributed by atoms with Crippen LogP contribution in [0.15, 0.2) is 54.6 Å². The number of nitro groups is 1. The lowest BCUT2D eigenvalue weighted by Crippen LogP contribution is -2.21. The third kappa shape index (κ3) is 4.44. The van der Waals surface area contributed by atoms with Crippen LogP contribution in [0.1, 0.15) is 10.4 Å². The van der Waals surface area contributed by atoms with E-state index in [-0.39, 0.29) is 22.0 Å². The lowest BCUT2D eigenvalue weighted by atomic mass is 10.0. The van der Waals surface area contributed by atoms with Crippen molar-refractivity contribution in [1.82, 2.24) is 0 Å². The average Bonchev–Trinajstić information content (AvgIpc) is 2.71. The Balaban J connectivity index is 1.74. The number of methoxy groups -OCH3 is 1. The standard InChI is InChI=1S/C20H15ClN2O6/c1-28-18-9-7-15(13-4-2-3-5-14(13)18)20(25)29-11-19(24)22-16-10-12(21)6-8-17(16)23(26)27/h2-10H,11H2,1H3,(H,22,24). The van der Waals surface area contributed by atoms with Crippen LogP contribution in [0.5, 0.6) is 5.75 Å². The molecule has 0 aromatic heterocycles. The zero-order valence-electron chi connectivity index (χ0n) is 15.2. The lowest BCUT2D eigenvalue weighted by molar-refractivity contribution is -0.383. The van der Waals surface area contributed by atoms with Crippen molar-refractivity contribution in [2.75, 3.05) is 19.0 Å². The Hall–Kier alpha value is -3.65. The van der Waals surface area contributed by atoms with Crippen LogP contribution < -0.4 is 10.1 Å². The number of hydrogen-bond acceptors (Lipinski definition) is 6. The zero-order chi connectivity index (χ0) is 21.0. The normalized spacial score (nSPS) is 10.4. The van der Waals surface area contributed by atoms with Crippen LogP contribution in [0.25, 0.3) is 10.8 Å². The molecule has 3 rings (SSSR count). The lowest BCUT2D eigenvalue weighted by Gasteiger charge is -2.11. The molecule has 0 saturated heterocycles. The molecule has 29 heavy (non-hydrogen) atoms. The molecule has 0 bridgehead atoms. The summed E-state index contributed by atoms with van der Waals surface area (Å²) in [6, 6.07) is 14.1. The summed E-state index contributed by atoms with van der Waals surface area (Å²) in [5.74, 6) is -0.843. The van der Waals surface area contributed by atoms with Gasteiger partial charge in [-0.15, -0.1) is 0 Å². The van der Waals surface area contributed by atoms with Gasteiger partial charge in [0.2, 0.25) is 0 Å². The summed E-state index contributed by atoms with van der Waals surface area (Å²) in [4.78, 5) is 35.0. The van der Waals surface area contributed by atoms with E-state index in [4.69, 9.17) is 21.1 Å². The Morgan fingerprint density at radius 1 is 1.10 bits per heavy atom. The Labute approximate surface area is 170 Å². The van der Waals surface area contributed by atoms with Crippen molar-refractivity contribution in [3.63, 3.8) is 0 Å². The molecule has 0 heterocycles. The van der Waals surface area contributed by atoms with Gasteiger partial charge < -0.3 is 14.8 Å². The van der Waals surface area contributed by atoms with Crippen LogP contribution in [-0.2, 0) is 9.53 Å². The summed E-state index contributed by atoms with van der Waals surface area (Å²) in [7, 11) is 1.53. The fourth-order valence-corrected chi connectivity index (χ4v) is 2.96. The minimum absolute atomic E-state index is 0.0848. The highest BCUT2D eigenvalue weighted by molar-refractivity contribution is 6.31. The van der Waals surface area contributed by atoms with Crippen molar-refractivity contribution in [3.8, 4) is 5.75 Å². The van der Waals surface area contributed by atoms with Gasteiger partial charge in [0.15, 0.2) is 6.61 Å². The van der Waals surface area contributed by atoms with Gasteiger partial charge in [0.25, 0.3) is 11.6 Å². The number of nitro benzene ring substituents is 1. The number of nitrogens with zero attached hydrogens (tertiary/aromatic N) is 1. The monoisotopic (exact) mass is 414 g/mol. The van der Waals surface area contributed by atoms with E-state index in [1.54, 1.807) is 30.3 Å². The Bertz CT molecular complexity index is 1120. The molecule has 0 atom stereocenters. The molecule has 3 aromatic carbocycles. The molecule has 0 unspecified atom stereocenters. The predicted octanol–water partition coefficient (Wildman–Crippen LogP) is 4.21. The zero-order valence-corrected chi connectivity index (χ0v) is 15.9. The van der Waals surface area contributed by atoms with Gasteiger partial charge in [-0.2, -0.15) is 0 Å². The first kappa shape index (κ1) is 20.1. The van der Waals surface area contributed by atoms with Crippen molar-refractivity contribution in [2.24, 2.45) is 0 Å². The van der Waals surface area contributed by atoms with Gasteiger partial charge in [0.1, 0.15) is 11.4 Å². The van der Waals surface area contributed by atoms with Crippen LogP contribution in [0.3, 0.4) is 0 Å². The molecule has 148 valence electrons. The molecular formula is C20H15ClN2O6. The van der Waals surface area contributed by atoms with Crippen molar-refractivity contribution in [3.05, 3.63) is 75.3 Å². The van der Waals surface area contributed by atoms with Crippen LogP contribution >= 0.6 is 11.6 Å². The number of benzene rings is 3. The quantitative estimate of drug-likeness (QED) is 0.368. The molecule has 0 aliphatic rings. The summed E-state index contributed by atoms with van der Waals surface area (Å²) in [5, 5.41) is 14.9. The van der Waals surface area contributed by atoms with E-state index >= 15 is 0 Å². The second-order valence-corrected chi connectivity index (χ2v) is 6.34. The number of carbonyl (C=O) groups excluding carboxylic acids is 2. The topological polar surface area (TPSA) is 108 Å². The summed E-state index contributed by atoms with van der Waals surface area (Å²) in [6.45, 7) is -0.622. The maximum absolute atomic E-state index is 12.5. The smallest absolute Gasteiger partial charge is 0.339 e. The Kier molecular flexibility index (Phi) is 5.94. The van der Waals surface area contributed by atoms with Crippen molar-refractivity contribution in [1.29, 1.82) is 0 Å². The molecule has 0 radical (unpaired) electrons. The summed E-state index contributed by atoms with van der Waals surface area (Å²) in [6.07, 6.45) is 0. The highest BCUT2D eigenvalue weighted by atomic mass is 35.5. The third-order valence-corrected chi connectivity index (χ3v) is 4.32. The molecule has 0 fully saturated rings. The highest BCUT2D eigenvalue weighted by Gasteiger charge is 2.19. The van der Waals surface area contributed by atoms with Gasteiger partial charge >= 0.3 is 5.97 Å². The van der Waals surface area contributed by atoms with Gasteiger partial charge in [0, 0.05) is 16.5 Å². The summed E-state index contributed by atoms with van der Waals surface area (Å²) >= 11 is 5.82. The van der Waals surface area contributed by atoms with Crippen molar-refractivity contribution >= 4 is 45.6 Å². The van der Waals surface area contributed by atoms with E-state index in [1.165, 1.54) is 25.3 Å². The summed E-state index contributed by atoms with van der Waals surface area (Å²) in [5.41, 5.74) is -0.142. The molecule has 0 saturated carbocycles. The number of nitrogens with one attached hydrogen (secondary N) is 1. The molecular weight excluding hydrogens is 400 g/mol. The van der Waals surface area contributed by atoms with Crippen LogP contribution in [0.2, 0.25) is 5.02 Å². The van der Waals surface area contributed by atoms with E-state index in [9.17, 15) is 19.7 Å². The number of esters is 1. The van der Waals surface area contributed by atoms with Gasteiger partial charge in [0.05, 0.1) is 17.6 Å². The van der Waals surface area contributed by atoms with Gasteiger partial charge in [-0.05, 0) is 29.7 Å². The second kappa shape index (κ2) is 8.57. The largest absolute Gasteiger partial charge is 0.496 e. The Morgan fingerprint density at radius 3 is 2.52 bits per heavy atom. The first-order valence-electron chi connectivity index (χ1n) is 8.37. The number of amides is 1. The van der Waals surface area contributed by atoms with Gasteiger partial charge in [-0.1, -0.05) is 35.9 Å². The van der Waals surface area contributed by atoms with Crippen LogP contribution in [-0.4, -0.2) is 30.5 Å². The number of carbonyl (C=O) groups is 2. The van der Waals surface area contributed by atoms with Gasteiger partial charge in [-0.3, -0.25) is 14.9 Å². The van der Waals surface area contributed by atoms with E-state index in [0.29, 0.717) is 11.1 Å². The maximum atomic E-state index is 12.5. The minimum Gasteiger partial charge on any atom is -0.496 e. The molecule has 0 aliphatic heterocycles. The SMILES string of the molecule is COc1ccc(C(=O)OCC(=O)Nc2cc(Cl)ccc2[N+](=O)[O-])c2ccccc12. The third-order valence-electron chi connectivity index (χ3n) is 4.09. The number of hydrogen-bond donors (Lipinski definition) is 1. The fourth-order valence-electron chi connectivity index (χ4n) is 2.79. The number of fused-ring (bicyclic) bond motifs is 1. The first-order chi connectivity index (χ1) is 13.9. The van der Waals surface area contributed by atoms with E-state index < -0.39 is 23.4 Å². The Morgan fingerprint density at radius 2 is 1.83 bits per heavy atom.